The average Bonchev–Trinajstić information content (AvgIpc) is 2.94. The first-order valence-electron chi connectivity index (χ1n) is 11.1. The predicted octanol–water partition coefficient (Wildman–Crippen LogP) is 4.11. The highest BCUT2D eigenvalue weighted by molar-refractivity contribution is 5.53. The Hall–Kier alpha value is -1.45. The topological polar surface area (TPSA) is 44.3 Å². The molecule has 4 aliphatic carbocycles. The van der Waals surface area contributed by atoms with Crippen molar-refractivity contribution in [2.24, 2.45) is 28.6 Å². The van der Waals surface area contributed by atoms with Crippen LogP contribution in [0.5, 0.6) is 0 Å². The van der Waals surface area contributed by atoms with Gasteiger partial charge in [0.2, 0.25) is 0 Å². The molecule has 0 bridgehead atoms. The molecule has 5 rings (SSSR count). The van der Waals surface area contributed by atoms with Crippen LogP contribution in [0.4, 0.5) is 0 Å². The molecule has 0 radical (unpaired) electrons. The maximum Gasteiger partial charge on any atom is 0.192 e. The van der Waals surface area contributed by atoms with E-state index in [9.17, 15) is 10.2 Å². The smallest absolute Gasteiger partial charge is 0.192 e. The summed E-state index contributed by atoms with van der Waals surface area (Å²) in [5.74, 6) is 1.34. The summed E-state index contributed by atoms with van der Waals surface area (Å²) in [6.07, 6.45) is 12.0. The van der Waals surface area contributed by atoms with Crippen LogP contribution in [0.25, 0.3) is 5.70 Å². The van der Waals surface area contributed by atoms with E-state index in [1.54, 1.807) is 0 Å². The van der Waals surface area contributed by atoms with Crippen LogP contribution in [0.1, 0.15) is 59.3 Å². The fraction of sp³-hybridized carbons (Fsp3) is 0.640. The summed E-state index contributed by atoms with van der Waals surface area (Å²) >= 11 is 0. The highest BCUT2D eigenvalue weighted by atomic mass is 16.3. The maximum absolute atomic E-state index is 11.3. The molecule has 4 aliphatic rings. The number of pyridine rings is 1. The first kappa shape index (κ1) is 18.6. The van der Waals surface area contributed by atoms with Crippen LogP contribution in [0.2, 0.25) is 0 Å². The van der Waals surface area contributed by atoms with Crippen molar-refractivity contribution in [2.45, 2.75) is 71.5 Å². The number of rotatable bonds is 1. The molecule has 1 aromatic heterocycles. The Morgan fingerprint density at radius 2 is 1.64 bits per heavy atom. The Balaban J connectivity index is 1.55. The van der Waals surface area contributed by atoms with E-state index in [-0.39, 0.29) is 23.0 Å². The second kappa shape index (κ2) is 6.27. The number of aromatic nitrogens is 1. The summed E-state index contributed by atoms with van der Waals surface area (Å²) in [6.45, 7) is 7.15. The molecular weight excluding hydrogens is 346 g/mol. The molecule has 2 fully saturated rings. The summed E-state index contributed by atoms with van der Waals surface area (Å²) in [5, 5.41) is 21.5. The quantitative estimate of drug-likeness (QED) is 0.569. The molecule has 0 unspecified atom stereocenters. The minimum absolute atomic E-state index is 0.119. The number of fused-ring (bicyclic) bond motifs is 5. The molecular formula is C25H34NO2+. The Morgan fingerprint density at radius 1 is 0.929 bits per heavy atom. The number of aliphatic hydroxyl groups is 2. The summed E-state index contributed by atoms with van der Waals surface area (Å²) in [6, 6.07) is 6.30. The molecule has 0 spiro atoms. The highest BCUT2D eigenvalue weighted by Crippen LogP contribution is 2.66. The van der Waals surface area contributed by atoms with Crippen molar-refractivity contribution in [1.82, 2.24) is 0 Å². The minimum Gasteiger partial charge on any atom is -0.393 e. The van der Waals surface area contributed by atoms with Gasteiger partial charge in [-0.15, -0.1) is 0 Å². The number of allylic oxidation sites excluding steroid dienone is 2. The van der Waals surface area contributed by atoms with E-state index >= 15 is 0 Å². The van der Waals surface area contributed by atoms with E-state index in [0.29, 0.717) is 17.8 Å². The highest BCUT2D eigenvalue weighted by Gasteiger charge is 2.62. The molecule has 28 heavy (non-hydrogen) atoms. The van der Waals surface area contributed by atoms with Gasteiger partial charge in [-0.2, -0.15) is 4.57 Å². The van der Waals surface area contributed by atoms with Gasteiger partial charge in [-0.05, 0) is 81.1 Å². The number of hydrogen-bond donors (Lipinski definition) is 2. The van der Waals surface area contributed by atoms with Gasteiger partial charge < -0.3 is 10.2 Å². The van der Waals surface area contributed by atoms with Crippen LogP contribution >= 0.6 is 0 Å². The van der Waals surface area contributed by atoms with E-state index in [1.807, 2.05) is 0 Å². The van der Waals surface area contributed by atoms with E-state index in [1.165, 1.54) is 29.7 Å². The van der Waals surface area contributed by atoms with Gasteiger partial charge in [-0.1, -0.05) is 24.6 Å². The lowest BCUT2D eigenvalue weighted by Gasteiger charge is -2.58. The minimum atomic E-state index is -0.379. The van der Waals surface area contributed by atoms with Crippen molar-refractivity contribution in [2.75, 3.05) is 0 Å². The summed E-state index contributed by atoms with van der Waals surface area (Å²) in [4.78, 5) is 0. The van der Waals surface area contributed by atoms with Crippen LogP contribution in [-0.4, -0.2) is 22.4 Å². The first-order chi connectivity index (χ1) is 13.3. The zero-order valence-electron chi connectivity index (χ0n) is 17.4. The van der Waals surface area contributed by atoms with Crippen LogP contribution < -0.4 is 4.57 Å². The van der Waals surface area contributed by atoms with Crippen molar-refractivity contribution in [1.29, 1.82) is 0 Å². The number of hydrogen-bond acceptors (Lipinski definition) is 2. The third-order valence-corrected chi connectivity index (χ3v) is 8.94. The summed E-state index contributed by atoms with van der Waals surface area (Å²) < 4.78 is 2.32. The monoisotopic (exact) mass is 380 g/mol. The zero-order chi connectivity index (χ0) is 19.7. The van der Waals surface area contributed by atoms with Crippen molar-refractivity contribution in [3.63, 3.8) is 0 Å². The van der Waals surface area contributed by atoms with Gasteiger partial charge in [0.15, 0.2) is 18.1 Å². The lowest BCUT2D eigenvalue weighted by atomic mass is 9.47. The Labute approximate surface area is 168 Å². The molecule has 0 aliphatic heterocycles. The third-order valence-electron chi connectivity index (χ3n) is 8.94. The van der Waals surface area contributed by atoms with E-state index in [4.69, 9.17) is 0 Å². The van der Waals surface area contributed by atoms with Crippen LogP contribution in [0.15, 0.2) is 47.8 Å². The molecule has 1 heterocycles. The summed E-state index contributed by atoms with van der Waals surface area (Å²) in [7, 11) is 0. The van der Waals surface area contributed by atoms with Crippen molar-refractivity contribution in [3.05, 3.63) is 47.8 Å². The molecule has 2 N–H and O–H groups in total. The Bertz CT molecular complexity index is 843. The lowest BCUT2D eigenvalue weighted by Crippen LogP contribution is -2.55. The van der Waals surface area contributed by atoms with Crippen molar-refractivity contribution < 1.29 is 14.8 Å². The van der Waals surface area contributed by atoms with E-state index < -0.39 is 0 Å². The largest absolute Gasteiger partial charge is 0.393 e. The number of aliphatic hydroxyl groups excluding tert-OH is 2. The molecule has 7 atom stereocenters. The standard InChI is InChI=1S/C25H34NO2/c1-16-13-20-22-19(24(2)9-7-18(27)14-17(24)15-21(22)28)8-10-25(20,3)23(16)26-11-5-4-6-12-26/h4-6,11-12,15,18-22,27-28H,7-10,13-14H2,1-3H3/q+1/t18-,19-,20-,21-,22+,24-,25-/m0/s1. The zero-order valence-corrected chi connectivity index (χ0v) is 17.4. The van der Waals surface area contributed by atoms with Gasteiger partial charge in [0.25, 0.3) is 0 Å². The Morgan fingerprint density at radius 3 is 2.39 bits per heavy atom. The van der Waals surface area contributed by atoms with Gasteiger partial charge >= 0.3 is 0 Å². The van der Waals surface area contributed by atoms with Crippen LogP contribution in [-0.2, 0) is 0 Å². The third kappa shape index (κ3) is 2.45. The lowest BCUT2D eigenvalue weighted by molar-refractivity contribution is -0.590. The van der Waals surface area contributed by atoms with Gasteiger partial charge in [0, 0.05) is 12.1 Å². The van der Waals surface area contributed by atoms with Crippen LogP contribution in [0.3, 0.4) is 0 Å². The summed E-state index contributed by atoms with van der Waals surface area (Å²) in [5.41, 5.74) is 4.54. The number of nitrogens with zero attached hydrogens (tertiary/aromatic N) is 1. The second-order valence-electron chi connectivity index (χ2n) is 10.4. The first-order valence-corrected chi connectivity index (χ1v) is 11.1. The molecule has 3 heteroatoms. The molecule has 150 valence electrons. The molecule has 1 aromatic rings. The molecule has 2 saturated carbocycles. The van der Waals surface area contributed by atoms with Gasteiger partial charge in [-0.25, -0.2) is 0 Å². The van der Waals surface area contributed by atoms with Crippen molar-refractivity contribution in [3.8, 4) is 0 Å². The van der Waals surface area contributed by atoms with Crippen molar-refractivity contribution >= 4 is 5.70 Å². The van der Waals surface area contributed by atoms with Gasteiger partial charge in [-0.3, -0.25) is 0 Å². The average molecular weight is 381 g/mol. The molecule has 0 saturated heterocycles. The molecule has 0 aromatic carbocycles. The van der Waals surface area contributed by atoms with Gasteiger partial charge in [0.05, 0.1) is 17.6 Å². The molecule has 0 amide bonds. The normalized spacial score (nSPS) is 45.2. The maximum atomic E-state index is 11.3. The molecule has 3 nitrogen and oxygen atoms in total. The Kier molecular flexibility index (Phi) is 4.16. The SMILES string of the molecule is CC1=C([n+]2ccccc2)[C@@]2(C)CC[C@H]3[C@@H]([C@@H](O)C=C4C[C@@H](O)CC[C@@]43C)[C@@H]2C1. The van der Waals surface area contributed by atoms with E-state index in [2.05, 4.69) is 62.0 Å². The van der Waals surface area contributed by atoms with Gasteiger partial charge in [0.1, 0.15) is 0 Å². The fourth-order valence-electron chi connectivity index (χ4n) is 7.61. The fourth-order valence-corrected chi connectivity index (χ4v) is 7.61. The predicted molar refractivity (Wildman–Crippen MR) is 110 cm³/mol. The van der Waals surface area contributed by atoms with Crippen LogP contribution in [0, 0.1) is 28.6 Å². The van der Waals surface area contributed by atoms with E-state index in [0.717, 1.165) is 25.7 Å². The second-order valence-corrected chi connectivity index (χ2v) is 10.4.